The van der Waals surface area contributed by atoms with Gasteiger partial charge in [0.05, 0.1) is 6.20 Å². The summed E-state index contributed by atoms with van der Waals surface area (Å²) in [5.74, 6) is -0.00374. The summed E-state index contributed by atoms with van der Waals surface area (Å²) in [7, 11) is 3.66. The lowest BCUT2D eigenvalue weighted by Crippen LogP contribution is -2.27. The zero-order valence-electron chi connectivity index (χ0n) is 12.2. The van der Waals surface area contributed by atoms with Crippen LogP contribution in [0.3, 0.4) is 0 Å². The van der Waals surface area contributed by atoms with Crippen LogP contribution in [0.25, 0.3) is 6.08 Å². The summed E-state index contributed by atoms with van der Waals surface area (Å²) in [5.41, 5.74) is 2.14. The van der Waals surface area contributed by atoms with Gasteiger partial charge in [-0.3, -0.25) is 9.48 Å². The van der Waals surface area contributed by atoms with Crippen molar-refractivity contribution in [3.63, 3.8) is 0 Å². The smallest absolute Gasteiger partial charge is 0.246 e. The molecule has 5 heteroatoms. The number of carbonyl (C=O) groups excluding carboxylic acids is 1. The molecule has 21 heavy (non-hydrogen) atoms. The molecule has 0 aliphatic heterocycles. The Bertz CT molecular complexity index is 631. The molecular weight excluding hydrogens is 330 g/mol. The number of amides is 1. The number of rotatable bonds is 5. The molecule has 4 nitrogen and oxygen atoms in total. The summed E-state index contributed by atoms with van der Waals surface area (Å²) >= 11 is 3.41. The van der Waals surface area contributed by atoms with Crippen molar-refractivity contribution in [2.45, 2.75) is 6.42 Å². The molecular formula is C16H18BrN3O. The molecule has 0 unspecified atom stereocenters. The predicted octanol–water partition coefficient (Wildman–Crippen LogP) is 2.90. The summed E-state index contributed by atoms with van der Waals surface area (Å²) in [5, 5.41) is 4.06. The van der Waals surface area contributed by atoms with Crippen molar-refractivity contribution in [2.75, 3.05) is 13.6 Å². The molecule has 0 spiro atoms. The maximum absolute atomic E-state index is 12.0. The van der Waals surface area contributed by atoms with Gasteiger partial charge in [0, 0.05) is 42.9 Å². The Kier molecular flexibility index (Phi) is 5.33. The van der Waals surface area contributed by atoms with Gasteiger partial charge in [0.1, 0.15) is 0 Å². The van der Waals surface area contributed by atoms with Gasteiger partial charge in [0.25, 0.3) is 0 Å². The second kappa shape index (κ2) is 7.22. The Hall–Kier alpha value is -1.88. The monoisotopic (exact) mass is 347 g/mol. The molecule has 0 saturated carbocycles. The van der Waals surface area contributed by atoms with Crippen LogP contribution in [0, 0.1) is 0 Å². The first kappa shape index (κ1) is 15.5. The van der Waals surface area contributed by atoms with Gasteiger partial charge >= 0.3 is 0 Å². The van der Waals surface area contributed by atoms with Crippen molar-refractivity contribution < 1.29 is 4.79 Å². The Morgan fingerprint density at radius 1 is 1.38 bits per heavy atom. The van der Waals surface area contributed by atoms with E-state index in [0.29, 0.717) is 6.54 Å². The number of benzene rings is 1. The maximum Gasteiger partial charge on any atom is 0.246 e. The quantitative estimate of drug-likeness (QED) is 0.780. The van der Waals surface area contributed by atoms with E-state index in [1.54, 1.807) is 27.9 Å². The van der Waals surface area contributed by atoms with Crippen LogP contribution in [0.15, 0.2) is 47.2 Å². The molecule has 0 N–H and O–H groups in total. The van der Waals surface area contributed by atoms with Gasteiger partial charge in [-0.1, -0.05) is 28.1 Å². The van der Waals surface area contributed by atoms with E-state index < -0.39 is 0 Å². The largest absolute Gasteiger partial charge is 0.342 e. The fraction of sp³-hybridized carbons (Fsp3) is 0.250. The lowest BCUT2D eigenvalue weighted by atomic mass is 10.1. The minimum Gasteiger partial charge on any atom is -0.342 e. The molecule has 0 bridgehead atoms. The number of aromatic nitrogens is 2. The average Bonchev–Trinajstić information content (AvgIpc) is 2.89. The molecule has 0 aliphatic rings. The first-order valence-electron chi connectivity index (χ1n) is 6.71. The van der Waals surface area contributed by atoms with Crippen LogP contribution in [0.1, 0.15) is 11.1 Å². The molecule has 0 radical (unpaired) electrons. The van der Waals surface area contributed by atoms with Crippen LogP contribution in [-0.2, 0) is 18.3 Å². The van der Waals surface area contributed by atoms with E-state index in [4.69, 9.17) is 0 Å². The van der Waals surface area contributed by atoms with Gasteiger partial charge in [-0.2, -0.15) is 5.10 Å². The molecule has 2 aromatic rings. The summed E-state index contributed by atoms with van der Waals surface area (Å²) in [4.78, 5) is 13.7. The maximum atomic E-state index is 12.0. The van der Waals surface area contributed by atoms with E-state index in [0.717, 1.165) is 16.5 Å². The summed E-state index contributed by atoms with van der Waals surface area (Å²) in [6.07, 6.45) is 7.80. The highest BCUT2D eigenvalue weighted by Crippen LogP contribution is 2.11. The molecule has 0 atom stereocenters. The second-order valence-corrected chi connectivity index (χ2v) is 5.83. The first-order chi connectivity index (χ1) is 10.0. The highest BCUT2D eigenvalue weighted by molar-refractivity contribution is 9.10. The fourth-order valence-electron chi connectivity index (χ4n) is 1.88. The molecule has 110 valence electrons. The van der Waals surface area contributed by atoms with E-state index in [1.165, 1.54) is 5.56 Å². The SMILES string of the molecule is CN(CCc1ccc(Br)cc1)C(=O)/C=C\c1cnn(C)c1. The van der Waals surface area contributed by atoms with Crippen LogP contribution in [0.2, 0.25) is 0 Å². The molecule has 0 saturated heterocycles. The minimum atomic E-state index is -0.00374. The third kappa shape index (κ3) is 4.86. The van der Waals surface area contributed by atoms with Gasteiger partial charge in [0.15, 0.2) is 0 Å². The second-order valence-electron chi connectivity index (χ2n) is 4.92. The molecule has 0 aliphatic carbocycles. The Labute approximate surface area is 133 Å². The van der Waals surface area contributed by atoms with Gasteiger partial charge in [-0.15, -0.1) is 0 Å². The number of hydrogen-bond donors (Lipinski definition) is 0. The van der Waals surface area contributed by atoms with Crippen LogP contribution >= 0.6 is 15.9 Å². The normalized spacial score (nSPS) is 11.0. The topological polar surface area (TPSA) is 38.1 Å². The van der Waals surface area contributed by atoms with Gasteiger partial charge < -0.3 is 4.90 Å². The van der Waals surface area contributed by atoms with E-state index in [1.807, 2.05) is 32.4 Å². The molecule has 1 aromatic heterocycles. The number of aryl methyl sites for hydroxylation is 1. The number of hydrogen-bond acceptors (Lipinski definition) is 2. The van der Waals surface area contributed by atoms with Gasteiger partial charge in [-0.25, -0.2) is 0 Å². The lowest BCUT2D eigenvalue weighted by molar-refractivity contribution is -0.124. The highest BCUT2D eigenvalue weighted by Gasteiger charge is 2.05. The molecule has 2 rings (SSSR count). The lowest BCUT2D eigenvalue weighted by Gasteiger charge is -2.14. The zero-order chi connectivity index (χ0) is 15.2. The standard InChI is InChI=1S/C16H18BrN3O/c1-19(10-9-13-3-6-15(17)7-4-13)16(21)8-5-14-11-18-20(2)12-14/h3-8,11-12H,9-10H2,1-2H3/b8-5-. The summed E-state index contributed by atoms with van der Waals surface area (Å²) in [6, 6.07) is 8.15. The van der Waals surface area contributed by atoms with E-state index in [9.17, 15) is 4.79 Å². The molecule has 1 aromatic carbocycles. The van der Waals surface area contributed by atoms with Crippen LogP contribution < -0.4 is 0 Å². The third-order valence-electron chi connectivity index (χ3n) is 3.17. The Morgan fingerprint density at radius 2 is 2.10 bits per heavy atom. The van der Waals surface area contributed by atoms with Gasteiger partial charge in [-0.05, 0) is 30.2 Å². The first-order valence-corrected chi connectivity index (χ1v) is 7.50. The summed E-state index contributed by atoms with van der Waals surface area (Å²) < 4.78 is 2.77. The number of carbonyl (C=O) groups is 1. The molecule has 0 fully saturated rings. The minimum absolute atomic E-state index is 0.00374. The van der Waals surface area contributed by atoms with Crippen molar-refractivity contribution in [1.29, 1.82) is 0 Å². The van der Waals surface area contributed by atoms with E-state index in [-0.39, 0.29) is 5.91 Å². The van der Waals surface area contributed by atoms with Crippen LogP contribution in [0.5, 0.6) is 0 Å². The predicted molar refractivity (Wildman–Crippen MR) is 87.7 cm³/mol. The highest BCUT2D eigenvalue weighted by atomic mass is 79.9. The molecule has 1 amide bonds. The van der Waals surface area contributed by atoms with E-state index in [2.05, 4.69) is 33.2 Å². The van der Waals surface area contributed by atoms with Crippen LogP contribution in [0.4, 0.5) is 0 Å². The van der Waals surface area contributed by atoms with Crippen molar-refractivity contribution >= 4 is 27.9 Å². The van der Waals surface area contributed by atoms with Crippen molar-refractivity contribution in [3.05, 3.63) is 58.3 Å². The number of nitrogens with zero attached hydrogens (tertiary/aromatic N) is 3. The fourth-order valence-corrected chi connectivity index (χ4v) is 2.14. The molecule has 1 heterocycles. The van der Waals surface area contributed by atoms with Crippen molar-refractivity contribution in [3.8, 4) is 0 Å². The Morgan fingerprint density at radius 3 is 2.71 bits per heavy atom. The van der Waals surface area contributed by atoms with Crippen LogP contribution in [-0.4, -0.2) is 34.2 Å². The Balaban J connectivity index is 1.85. The average molecular weight is 348 g/mol. The van der Waals surface area contributed by atoms with Gasteiger partial charge in [0.2, 0.25) is 5.91 Å². The summed E-state index contributed by atoms with van der Waals surface area (Å²) in [6.45, 7) is 0.692. The number of halogens is 1. The van der Waals surface area contributed by atoms with E-state index >= 15 is 0 Å². The zero-order valence-corrected chi connectivity index (χ0v) is 13.7. The number of likely N-dealkylation sites (N-methyl/N-ethyl adjacent to an activating group) is 1. The third-order valence-corrected chi connectivity index (χ3v) is 3.70. The van der Waals surface area contributed by atoms with Crippen molar-refractivity contribution in [1.82, 2.24) is 14.7 Å². The van der Waals surface area contributed by atoms with Crippen molar-refractivity contribution in [2.24, 2.45) is 7.05 Å².